The molecule has 1 amide bonds. The van der Waals surface area contributed by atoms with Crippen molar-refractivity contribution in [2.75, 3.05) is 13.1 Å². The average molecular weight is 434 g/mol. The Bertz CT molecular complexity index is 1080. The standard InChI is InChI=1S/C20H30N6O5/c1-24-15(6-5-13-7-9-22-10-8-13)23-17-18(24)26(12-14(21)27)20(31)25(19(17)30)11-3-2-4-16(28)29/h13,22H,2-12H2,1H3,(H2,21,27)(H,28,29). The van der Waals surface area contributed by atoms with E-state index in [-0.39, 0.29) is 30.7 Å². The predicted molar refractivity (Wildman–Crippen MR) is 114 cm³/mol. The van der Waals surface area contributed by atoms with Crippen LogP contribution in [0, 0.1) is 5.92 Å². The zero-order chi connectivity index (χ0) is 22.5. The number of nitrogens with one attached hydrogen (secondary N) is 1. The molecule has 170 valence electrons. The van der Waals surface area contributed by atoms with Crippen molar-refractivity contribution in [3.8, 4) is 0 Å². The Morgan fingerprint density at radius 2 is 1.90 bits per heavy atom. The number of rotatable bonds is 10. The molecule has 0 radical (unpaired) electrons. The van der Waals surface area contributed by atoms with Gasteiger partial charge in [0.25, 0.3) is 5.56 Å². The summed E-state index contributed by atoms with van der Waals surface area (Å²) < 4.78 is 3.92. The molecule has 1 fully saturated rings. The second-order valence-electron chi connectivity index (χ2n) is 8.13. The van der Waals surface area contributed by atoms with E-state index in [1.807, 2.05) is 0 Å². The molecule has 4 N–H and O–H groups in total. The Morgan fingerprint density at radius 3 is 2.55 bits per heavy atom. The number of carboxylic acids is 1. The van der Waals surface area contributed by atoms with E-state index in [2.05, 4.69) is 10.3 Å². The van der Waals surface area contributed by atoms with Gasteiger partial charge in [-0.15, -0.1) is 0 Å². The third-order valence-corrected chi connectivity index (χ3v) is 5.89. The maximum Gasteiger partial charge on any atom is 0.333 e. The molecule has 1 aliphatic rings. The average Bonchev–Trinajstić information content (AvgIpc) is 3.06. The second-order valence-corrected chi connectivity index (χ2v) is 8.13. The SMILES string of the molecule is Cn1c(CCC2CCNCC2)nc2c(=O)n(CCCCC(=O)O)c(=O)n(CC(N)=O)c21. The van der Waals surface area contributed by atoms with Gasteiger partial charge in [0.1, 0.15) is 12.4 Å². The van der Waals surface area contributed by atoms with Gasteiger partial charge in [-0.1, -0.05) is 0 Å². The van der Waals surface area contributed by atoms with E-state index in [1.54, 1.807) is 11.6 Å². The van der Waals surface area contributed by atoms with Gasteiger partial charge in [0.2, 0.25) is 5.91 Å². The smallest absolute Gasteiger partial charge is 0.333 e. The largest absolute Gasteiger partial charge is 0.481 e. The fraction of sp³-hybridized carbons (Fsp3) is 0.650. The van der Waals surface area contributed by atoms with Gasteiger partial charge in [-0.25, -0.2) is 9.78 Å². The van der Waals surface area contributed by atoms with Gasteiger partial charge in [0, 0.05) is 26.4 Å². The summed E-state index contributed by atoms with van der Waals surface area (Å²) in [6, 6.07) is 0. The van der Waals surface area contributed by atoms with E-state index in [4.69, 9.17) is 10.8 Å². The van der Waals surface area contributed by atoms with E-state index in [1.165, 1.54) is 4.57 Å². The van der Waals surface area contributed by atoms with Gasteiger partial charge in [-0.3, -0.25) is 23.5 Å². The fourth-order valence-corrected chi connectivity index (χ4v) is 4.21. The molecule has 0 unspecified atom stereocenters. The fourth-order valence-electron chi connectivity index (χ4n) is 4.21. The third kappa shape index (κ3) is 5.22. The van der Waals surface area contributed by atoms with Gasteiger partial charge < -0.3 is 20.7 Å². The molecule has 2 aromatic rings. The number of aromatic nitrogens is 4. The summed E-state index contributed by atoms with van der Waals surface area (Å²) in [6.45, 7) is 1.69. The minimum atomic E-state index is -0.933. The van der Waals surface area contributed by atoms with Crippen LogP contribution in [0.15, 0.2) is 9.59 Å². The molecule has 1 saturated heterocycles. The van der Waals surface area contributed by atoms with Crippen LogP contribution < -0.4 is 22.3 Å². The van der Waals surface area contributed by atoms with Crippen LogP contribution in [0.5, 0.6) is 0 Å². The lowest BCUT2D eigenvalue weighted by Gasteiger charge is -2.22. The molecule has 3 heterocycles. The minimum absolute atomic E-state index is 0.0447. The van der Waals surface area contributed by atoms with Crippen LogP contribution in [0.3, 0.4) is 0 Å². The Morgan fingerprint density at radius 1 is 1.19 bits per heavy atom. The molecular formula is C20H30N6O5. The molecule has 11 heteroatoms. The summed E-state index contributed by atoms with van der Waals surface area (Å²) in [5, 5.41) is 12.1. The van der Waals surface area contributed by atoms with Crippen molar-refractivity contribution >= 4 is 23.0 Å². The quantitative estimate of drug-likeness (QED) is 0.429. The van der Waals surface area contributed by atoms with E-state index in [0.29, 0.717) is 31.0 Å². The second kappa shape index (κ2) is 9.90. The number of imidazole rings is 1. The molecule has 0 bridgehead atoms. The molecular weight excluding hydrogens is 404 g/mol. The van der Waals surface area contributed by atoms with Crippen LogP contribution in [0.2, 0.25) is 0 Å². The minimum Gasteiger partial charge on any atom is -0.481 e. The highest BCUT2D eigenvalue weighted by molar-refractivity contribution is 5.77. The van der Waals surface area contributed by atoms with Crippen molar-refractivity contribution in [2.45, 2.75) is 58.0 Å². The van der Waals surface area contributed by atoms with Crippen molar-refractivity contribution in [1.82, 2.24) is 24.0 Å². The Hall–Kier alpha value is -2.95. The Labute approximate surface area is 178 Å². The number of carbonyl (C=O) groups is 2. The van der Waals surface area contributed by atoms with Gasteiger partial charge in [0.15, 0.2) is 11.2 Å². The van der Waals surface area contributed by atoms with Crippen molar-refractivity contribution < 1.29 is 14.7 Å². The molecule has 2 aromatic heterocycles. The van der Waals surface area contributed by atoms with E-state index in [0.717, 1.165) is 36.9 Å². The van der Waals surface area contributed by atoms with E-state index < -0.39 is 23.1 Å². The lowest BCUT2D eigenvalue weighted by molar-refractivity contribution is -0.137. The number of nitrogens with zero attached hydrogens (tertiary/aromatic N) is 4. The molecule has 11 nitrogen and oxygen atoms in total. The van der Waals surface area contributed by atoms with Gasteiger partial charge in [0.05, 0.1) is 0 Å². The van der Waals surface area contributed by atoms with Crippen LogP contribution in [0.1, 0.15) is 44.3 Å². The Balaban J connectivity index is 1.96. The number of aryl methyl sites for hydroxylation is 2. The van der Waals surface area contributed by atoms with Gasteiger partial charge in [-0.2, -0.15) is 0 Å². The molecule has 3 rings (SSSR count). The molecule has 0 aromatic carbocycles. The third-order valence-electron chi connectivity index (χ3n) is 5.89. The van der Waals surface area contributed by atoms with E-state index in [9.17, 15) is 19.2 Å². The zero-order valence-electron chi connectivity index (χ0n) is 17.8. The molecule has 1 aliphatic heterocycles. The van der Waals surface area contributed by atoms with Crippen molar-refractivity contribution in [3.05, 3.63) is 26.7 Å². The van der Waals surface area contributed by atoms with Crippen molar-refractivity contribution in [1.29, 1.82) is 0 Å². The number of aliphatic carboxylic acids is 1. The van der Waals surface area contributed by atoms with Crippen LogP contribution in [-0.4, -0.2) is 48.8 Å². The van der Waals surface area contributed by atoms with Crippen LogP contribution in [-0.2, 0) is 36.1 Å². The highest BCUT2D eigenvalue weighted by atomic mass is 16.4. The first kappa shape index (κ1) is 22.7. The lowest BCUT2D eigenvalue weighted by Crippen LogP contribution is -2.42. The number of amides is 1. The number of hydrogen-bond acceptors (Lipinski definition) is 6. The van der Waals surface area contributed by atoms with Crippen molar-refractivity contribution in [2.24, 2.45) is 18.7 Å². The highest BCUT2D eigenvalue weighted by Crippen LogP contribution is 2.20. The number of fused-ring (bicyclic) bond motifs is 1. The summed E-state index contributed by atoms with van der Waals surface area (Å²) in [6.07, 6.45) is 4.43. The van der Waals surface area contributed by atoms with Gasteiger partial charge in [-0.05, 0) is 51.1 Å². The summed E-state index contributed by atoms with van der Waals surface area (Å²) in [7, 11) is 1.74. The predicted octanol–water partition coefficient (Wildman–Crippen LogP) is -0.431. The summed E-state index contributed by atoms with van der Waals surface area (Å²) in [5.74, 6) is -0.361. The summed E-state index contributed by atoms with van der Waals surface area (Å²) in [5.41, 5.74) is 4.60. The molecule has 31 heavy (non-hydrogen) atoms. The van der Waals surface area contributed by atoms with Crippen LogP contribution in [0.4, 0.5) is 0 Å². The van der Waals surface area contributed by atoms with Crippen LogP contribution >= 0.6 is 0 Å². The number of hydrogen-bond donors (Lipinski definition) is 3. The van der Waals surface area contributed by atoms with Gasteiger partial charge >= 0.3 is 11.7 Å². The summed E-state index contributed by atoms with van der Waals surface area (Å²) >= 11 is 0. The van der Waals surface area contributed by atoms with Crippen LogP contribution in [0.25, 0.3) is 11.2 Å². The number of unbranched alkanes of at least 4 members (excludes halogenated alkanes) is 1. The monoisotopic (exact) mass is 434 g/mol. The molecule has 0 aliphatic carbocycles. The number of carboxylic acid groups (broad SMARTS) is 1. The number of primary amides is 1. The topological polar surface area (TPSA) is 154 Å². The maximum absolute atomic E-state index is 13.0. The summed E-state index contributed by atoms with van der Waals surface area (Å²) in [4.78, 5) is 52.9. The number of carbonyl (C=O) groups excluding carboxylic acids is 1. The highest BCUT2D eigenvalue weighted by Gasteiger charge is 2.22. The number of piperidine rings is 1. The number of nitrogens with two attached hydrogens (primary N) is 1. The van der Waals surface area contributed by atoms with Crippen molar-refractivity contribution in [3.63, 3.8) is 0 Å². The zero-order valence-corrected chi connectivity index (χ0v) is 17.8. The Kier molecular flexibility index (Phi) is 7.26. The first-order valence-corrected chi connectivity index (χ1v) is 10.7. The first-order chi connectivity index (χ1) is 14.8. The molecule has 0 spiro atoms. The molecule has 0 atom stereocenters. The first-order valence-electron chi connectivity index (χ1n) is 10.7. The van der Waals surface area contributed by atoms with E-state index >= 15 is 0 Å². The lowest BCUT2D eigenvalue weighted by atomic mass is 9.93. The normalized spacial score (nSPS) is 14.9. The maximum atomic E-state index is 13.0. The molecule has 0 saturated carbocycles.